The van der Waals surface area contributed by atoms with Crippen LogP contribution in [0.1, 0.15) is 31.4 Å². The lowest BCUT2D eigenvalue weighted by atomic mass is 10.1. The molecule has 0 saturated heterocycles. The maximum atomic E-state index is 5.98. The zero-order valence-electron chi connectivity index (χ0n) is 13.7. The average molecular weight is 327 g/mol. The Labute approximate surface area is 143 Å². The second-order valence-electron chi connectivity index (χ2n) is 6.12. The topological polar surface area (TPSA) is 17.0 Å². The molecule has 3 aromatic rings. The van der Waals surface area contributed by atoms with E-state index in [9.17, 15) is 0 Å². The maximum Gasteiger partial charge on any atom is 0.0486 e. The van der Waals surface area contributed by atoms with E-state index in [4.69, 9.17) is 11.6 Å². The van der Waals surface area contributed by atoms with Crippen LogP contribution in [0.15, 0.2) is 54.7 Å². The molecule has 3 rings (SSSR count). The summed E-state index contributed by atoms with van der Waals surface area (Å²) >= 11 is 5.98. The Morgan fingerprint density at radius 1 is 1.09 bits per heavy atom. The second kappa shape index (κ2) is 7.20. The van der Waals surface area contributed by atoms with Crippen molar-refractivity contribution >= 4 is 22.5 Å². The summed E-state index contributed by atoms with van der Waals surface area (Å²) in [5.41, 5.74) is 3.90. The monoisotopic (exact) mass is 326 g/mol. The summed E-state index contributed by atoms with van der Waals surface area (Å²) in [7, 11) is 0. The molecule has 0 aliphatic heterocycles. The molecule has 0 saturated carbocycles. The molecule has 2 nitrogen and oxygen atoms in total. The van der Waals surface area contributed by atoms with Crippen molar-refractivity contribution in [3.05, 3.63) is 70.9 Å². The molecule has 0 radical (unpaired) electrons. The zero-order valence-corrected chi connectivity index (χ0v) is 14.5. The number of rotatable bonds is 6. The summed E-state index contributed by atoms with van der Waals surface area (Å²) in [5, 5.41) is 5.71. The van der Waals surface area contributed by atoms with Gasteiger partial charge in [0.15, 0.2) is 0 Å². The van der Waals surface area contributed by atoms with Gasteiger partial charge in [-0.1, -0.05) is 48.9 Å². The quantitative estimate of drug-likeness (QED) is 0.656. The first-order chi connectivity index (χ1) is 11.2. The molecule has 1 heterocycles. The van der Waals surface area contributed by atoms with E-state index >= 15 is 0 Å². The van der Waals surface area contributed by atoms with Crippen LogP contribution >= 0.6 is 11.6 Å². The van der Waals surface area contributed by atoms with E-state index in [-0.39, 0.29) is 0 Å². The highest BCUT2D eigenvalue weighted by atomic mass is 35.5. The Bertz CT molecular complexity index is 774. The minimum Gasteiger partial charge on any atom is -0.343 e. The molecule has 1 atom stereocenters. The van der Waals surface area contributed by atoms with Gasteiger partial charge < -0.3 is 9.88 Å². The zero-order chi connectivity index (χ0) is 16.2. The second-order valence-corrected chi connectivity index (χ2v) is 6.55. The van der Waals surface area contributed by atoms with Crippen LogP contribution in [-0.2, 0) is 13.1 Å². The SMILES string of the molecule is CC[C@@H](C)NCc1cn(Cc2ccc(Cl)cc2)c2ccccc12. The lowest BCUT2D eigenvalue weighted by molar-refractivity contribution is 0.535. The van der Waals surface area contributed by atoms with E-state index in [1.54, 1.807) is 0 Å². The van der Waals surface area contributed by atoms with E-state index in [0.29, 0.717) is 6.04 Å². The molecule has 0 amide bonds. The molecule has 1 aromatic heterocycles. The fourth-order valence-electron chi connectivity index (χ4n) is 2.81. The first kappa shape index (κ1) is 16.1. The highest BCUT2D eigenvalue weighted by Gasteiger charge is 2.09. The Morgan fingerprint density at radius 3 is 2.57 bits per heavy atom. The molecular formula is C20H23ClN2. The van der Waals surface area contributed by atoms with Gasteiger partial charge in [0.25, 0.3) is 0 Å². The average Bonchev–Trinajstić information content (AvgIpc) is 2.93. The Morgan fingerprint density at radius 2 is 1.83 bits per heavy atom. The summed E-state index contributed by atoms with van der Waals surface area (Å²) < 4.78 is 2.33. The van der Waals surface area contributed by atoms with Gasteiger partial charge in [0.05, 0.1) is 0 Å². The van der Waals surface area contributed by atoms with Crippen molar-refractivity contribution in [1.82, 2.24) is 9.88 Å². The van der Waals surface area contributed by atoms with Crippen LogP contribution in [0.2, 0.25) is 5.02 Å². The normalized spacial score (nSPS) is 12.7. The van der Waals surface area contributed by atoms with Crippen molar-refractivity contribution < 1.29 is 0 Å². The predicted octanol–water partition coefficient (Wildman–Crippen LogP) is 5.23. The van der Waals surface area contributed by atoms with Gasteiger partial charge in [-0.3, -0.25) is 0 Å². The molecule has 0 aliphatic rings. The third-order valence-corrected chi connectivity index (χ3v) is 4.64. The first-order valence-electron chi connectivity index (χ1n) is 8.22. The number of aromatic nitrogens is 1. The molecule has 3 heteroatoms. The molecule has 2 aromatic carbocycles. The molecule has 0 aliphatic carbocycles. The minimum atomic E-state index is 0.536. The molecule has 0 unspecified atom stereocenters. The van der Waals surface area contributed by atoms with Crippen LogP contribution in [0.3, 0.4) is 0 Å². The van der Waals surface area contributed by atoms with Crippen molar-refractivity contribution in [2.75, 3.05) is 0 Å². The van der Waals surface area contributed by atoms with Crippen LogP contribution in [0.25, 0.3) is 10.9 Å². The third kappa shape index (κ3) is 3.77. The van der Waals surface area contributed by atoms with Crippen molar-refractivity contribution in [3.8, 4) is 0 Å². The summed E-state index contributed by atoms with van der Waals surface area (Å²) in [6.45, 7) is 6.21. The van der Waals surface area contributed by atoms with Gasteiger partial charge in [0.1, 0.15) is 0 Å². The van der Waals surface area contributed by atoms with E-state index in [0.717, 1.165) is 24.5 Å². The van der Waals surface area contributed by atoms with Gasteiger partial charge in [-0.25, -0.2) is 0 Å². The highest BCUT2D eigenvalue weighted by Crippen LogP contribution is 2.23. The minimum absolute atomic E-state index is 0.536. The number of benzene rings is 2. The molecule has 120 valence electrons. The van der Waals surface area contributed by atoms with Crippen molar-refractivity contribution in [2.24, 2.45) is 0 Å². The predicted molar refractivity (Wildman–Crippen MR) is 99.1 cm³/mol. The van der Waals surface area contributed by atoms with Gasteiger partial charge in [0.2, 0.25) is 0 Å². The van der Waals surface area contributed by atoms with Crippen LogP contribution in [-0.4, -0.2) is 10.6 Å². The third-order valence-electron chi connectivity index (χ3n) is 4.39. The van der Waals surface area contributed by atoms with Gasteiger partial charge in [-0.15, -0.1) is 0 Å². The fraction of sp³-hybridized carbons (Fsp3) is 0.300. The number of fused-ring (bicyclic) bond motifs is 1. The Kier molecular flexibility index (Phi) is 5.04. The van der Waals surface area contributed by atoms with Crippen LogP contribution in [0.4, 0.5) is 0 Å². The van der Waals surface area contributed by atoms with Gasteiger partial charge in [-0.05, 0) is 42.7 Å². The molecule has 0 bridgehead atoms. The molecule has 23 heavy (non-hydrogen) atoms. The smallest absolute Gasteiger partial charge is 0.0486 e. The van der Waals surface area contributed by atoms with Crippen LogP contribution in [0.5, 0.6) is 0 Å². The lowest BCUT2D eigenvalue weighted by Gasteiger charge is -2.10. The Hall–Kier alpha value is -1.77. The van der Waals surface area contributed by atoms with Crippen molar-refractivity contribution in [1.29, 1.82) is 0 Å². The van der Waals surface area contributed by atoms with Crippen molar-refractivity contribution in [3.63, 3.8) is 0 Å². The summed E-state index contributed by atoms with van der Waals surface area (Å²) in [5.74, 6) is 0. The molecular weight excluding hydrogens is 304 g/mol. The van der Waals surface area contributed by atoms with Gasteiger partial charge >= 0.3 is 0 Å². The highest BCUT2D eigenvalue weighted by molar-refractivity contribution is 6.30. The summed E-state index contributed by atoms with van der Waals surface area (Å²) in [6.07, 6.45) is 3.41. The number of nitrogens with zero attached hydrogens (tertiary/aromatic N) is 1. The van der Waals surface area contributed by atoms with E-state index in [2.05, 4.69) is 66.3 Å². The number of hydrogen-bond donors (Lipinski definition) is 1. The van der Waals surface area contributed by atoms with Gasteiger partial charge in [0, 0.05) is 41.3 Å². The van der Waals surface area contributed by atoms with E-state index in [1.807, 2.05) is 12.1 Å². The number of nitrogens with one attached hydrogen (secondary N) is 1. The molecule has 0 fully saturated rings. The fourth-order valence-corrected chi connectivity index (χ4v) is 2.94. The van der Waals surface area contributed by atoms with E-state index < -0.39 is 0 Å². The molecule has 0 spiro atoms. The number of halogens is 1. The largest absolute Gasteiger partial charge is 0.343 e. The number of hydrogen-bond acceptors (Lipinski definition) is 1. The standard InChI is InChI=1S/C20H23ClN2/c1-3-15(2)22-12-17-14-23(20-7-5-4-6-19(17)20)13-16-8-10-18(21)11-9-16/h4-11,14-15,22H,3,12-13H2,1-2H3/t15-/m1/s1. The first-order valence-corrected chi connectivity index (χ1v) is 8.59. The van der Waals surface area contributed by atoms with Crippen LogP contribution < -0.4 is 5.32 Å². The lowest BCUT2D eigenvalue weighted by Crippen LogP contribution is -2.24. The summed E-state index contributed by atoms with van der Waals surface area (Å²) in [6, 6.07) is 17.2. The maximum absolute atomic E-state index is 5.98. The van der Waals surface area contributed by atoms with Gasteiger partial charge in [-0.2, -0.15) is 0 Å². The molecule has 1 N–H and O–H groups in total. The van der Waals surface area contributed by atoms with Crippen LogP contribution in [0, 0.1) is 0 Å². The number of para-hydroxylation sites is 1. The Balaban J connectivity index is 1.89. The van der Waals surface area contributed by atoms with E-state index in [1.165, 1.54) is 22.0 Å². The van der Waals surface area contributed by atoms with Crippen molar-refractivity contribution in [2.45, 2.75) is 39.4 Å². The summed E-state index contributed by atoms with van der Waals surface area (Å²) in [4.78, 5) is 0.